The molecule has 7 heteroatoms. The summed E-state index contributed by atoms with van der Waals surface area (Å²) >= 11 is 0. The fraction of sp³-hybridized carbons (Fsp3) is 0.429. The summed E-state index contributed by atoms with van der Waals surface area (Å²) in [5, 5.41) is 7.23. The van der Waals surface area contributed by atoms with Crippen LogP contribution in [-0.2, 0) is 6.61 Å². The van der Waals surface area contributed by atoms with Gasteiger partial charge in [-0.15, -0.1) is 12.4 Å². The van der Waals surface area contributed by atoms with Crippen LogP contribution in [0.3, 0.4) is 0 Å². The van der Waals surface area contributed by atoms with Crippen LogP contribution in [0.4, 0.5) is 4.39 Å². The van der Waals surface area contributed by atoms with Gasteiger partial charge in [-0.05, 0) is 31.5 Å². The SMILES string of the molecule is Cl.Fc1cccc(OCc2noc([C@H]3CCCCN3)n2)c1. The van der Waals surface area contributed by atoms with Gasteiger partial charge in [-0.3, -0.25) is 0 Å². The number of aromatic nitrogens is 2. The third kappa shape index (κ3) is 4.15. The highest BCUT2D eigenvalue weighted by Gasteiger charge is 2.20. The lowest BCUT2D eigenvalue weighted by atomic mass is 10.1. The van der Waals surface area contributed by atoms with Crippen molar-refractivity contribution in [1.29, 1.82) is 0 Å². The first-order valence-electron chi connectivity index (χ1n) is 6.75. The predicted molar refractivity (Wildman–Crippen MR) is 76.9 cm³/mol. The molecule has 1 aromatic heterocycles. The van der Waals surface area contributed by atoms with E-state index in [-0.39, 0.29) is 30.9 Å². The van der Waals surface area contributed by atoms with E-state index in [1.165, 1.54) is 18.6 Å². The van der Waals surface area contributed by atoms with E-state index in [4.69, 9.17) is 9.26 Å². The van der Waals surface area contributed by atoms with Crippen LogP contribution >= 0.6 is 12.4 Å². The molecular formula is C14H17ClFN3O2. The maximum Gasteiger partial charge on any atom is 0.243 e. The highest BCUT2D eigenvalue weighted by atomic mass is 35.5. The zero-order valence-electron chi connectivity index (χ0n) is 11.4. The quantitative estimate of drug-likeness (QED) is 0.940. The third-order valence-corrected chi connectivity index (χ3v) is 3.26. The molecule has 1 aliphatic rings. The number of piperidine rings is 1. The number of rotatable bonds is 4. The standard InChI is InChI=1S/C14H16FN3O2.ClH/c15-10-4-3-5-11(8-10)19-9-13-17-14(20-18-13)12-6-1-2-7-16-12;/h3-5,8,12,16H,1-2,6-7,9H2;1H/t12-;/m1./s1. The summed E-state index contributed by atoms with van der Waals surface area (Å²) in [5.41, 5.74) is 0. The minimum Gasteiger partial charge on any atom is -0.485 e. The van der Waals surface area contributed by atoms with Crippen molar-refractivity contribution in [3.05, 3.63) is 41.8 Å². The van der Waals surface area contributed by atoms with Crippen LogP contribution in [0.15, 0.2) is 28.8 Å². The number of hydrogen-bond acceptors (Lipinski definition) is 5. The second-order valence-electron chi connectivity index (χ2n) is 4.80. The smallest absolute Gasteiger partial charge is 0.243 e. The van der Waals surface area contributed by atoms with Gasteiger partial charge in [0.1, 0.15) is 11.6 Å². The summed E-state index contributed by atoms with van der Waals surface area (Å²) in [7, 11) is 0. The molecule has 1 aliphatic heterocycles. The Kier molecular flexibility index (Phi) is 5.52. The van der Waals surface area contributed by atoms with E-state index in [0.29, 0.717) is 17.5 Å². The van der Waals surface area contributed by atoms with Gasteiger partial charge in [0.15, 0.2) is 6.61 Å². The van der Waals surface area contributed by atoms with Crippen molar-refractivity contribution in [3.63, 3.8) is 0 Å². The van der Waals surface area contributed by atoms with Crippen molar-refractivity contribution >= 4 is 12.4 Å². The Hall–Kier alpha value is -1.66. The number of benzene rings is 1. The molecule has 5 nitrogen and oxygen atoms in total. The summed E-state index contributed by atoms with van der Waals surface area (Å²) in [4.78, 5) is 4.31. The van der Waals surface area contributed by atoms with Crippen LogP contribution in [-0.4, -0.2) is 16.7 Å². The number of nitrogens with one attached hydrogen (secondary N) is 1. The molecule has 1 saturated heterocycles. The lowest BCUT2D eigenvalue weighted by Crippen LogP contribution is -2.27. The van der Waals surface area contributed by atoms with Crippen molar-refractivity contribution in [2.24, 2.45) is 0 Å². The molecule has 0 aliphatic carbocycles. The second kappa shape index (κ2) is 7.38. The molecule has 1 N–H and O–H groups in total. The fourth-order valence-electron chi connectivity index (χ4n) is 2.23. The molecule has 0 amide bonds. The van der Waals surface area contributed by atoms with Crippen LogP contribution in [0.1, 0.15) is 37.0 Å². The molecule has 114 valence electrons. The maximum absolute atomic E-state index is 13.0. The lowest BCUT2D eigenvalue weighted by Gasteiger charge is -2.19. The second-order valence-corrected chi connectivity index (χ2v) is 4.80. The molecule has 1 fully saturated rings. The van der Waals surface area contributed by atoms with Gasteiger partial charge in [-0.25, -0.2) is 4.39 Å². The molecule has 0 spiro atoms. The van der Waals surface area contributed by atoms with Gasteiger partial charge in [-0.1, -0.05) is 17.6 Å². The summed E-state index contributed by atoms with van der Waals surface area (Å²) in [6, 6.07) is 6.11. The highest BCUT2D eigenvalue weighted by Crippen LogP contribution is 2.21. The first kappa shape index (κ1) is 15.7. The minimum absolute atomic E-state index is 0. The maximum atomic E-state index is 13.0. The Morgan fingerprint density at radius 2 is 2.29 bits per heavy atom. The number of halogens is 2. The van der Waals surface area contributed by atoms with E-state index < -0.39 is 0 Å². The van der Waals surface area contributed by atoms with Gasteiger partial charge < -0.3 is 14.6 Å². The number of nitrogens with zero attached hydrogens (tertiary/aromatic N) is 2. The first-order chi connectivity index (χ1) is 9.81. The Morgan fingerprint density at radius 1 is 1.38 bits per heavy atom. The normalized spacial score (nSPS) is 18.0. The molecule has 0 bridgehead atoms. The van der Waals surface area contributed by atoms with Gasteiger partial charge in [0.2, 0.25) is 11.7 Å². The Labute approximate surface area is 128 Å². The Balaban J connectivity index is 0.00000161. The minimum atomic E-state index is -0.331. The van der Waals surface area contributed by atoms with E-state index in [1.54, 1.807) is 12.1 Å². The highest BCUT2D eigenvalue weighted by molar-refractivity contribution is 5.85. The lowest BCUT2D eigenvalue weighted by molar-refractivity contribution is 0.275. The molecule has 0 unspecified atom stereocenters. The van der Waals surface area contributed by atoms with E-state index in [1.807, 2.05) is 0 Å². The predicted octanol–water partition coefficient (Wildman–Crippen LogP) is 3.02. The molecule has 0 radical (unpaired) electrons. The largest absolute Gasteiger partial charge is 0.485 e. The van der Waals surface area contributed by atoms with Gasteiger partial charge in [0.05, 0.1) is 6.04 Å². The van der Waals surface area contributed by atoms with Crippen LogP contribution < -0.4 is 10.1 Å². The van der Waals surface area contributed by atoms with Crippen LogP contribution in [0.5, 0.6) is 5.75 Å². The summed E-state index contributed by atoms with van der Waals surface area (Å²) in [5.74, 6) is 1.19. The van der Waals surface area contributed by atoms with Crippen molar-refractivity contribution in [1.82, 2.24) is 15.5 Å². The van der Waals surface area contributed by atoms with E-state index in [9.17, 15) is 4.39 Å². The van der Waals surface area contributed by atoms with E-state index in [2.05, 4.69) is 15.5 Å². The van der Waals surface area contributed by atoms with Gasteiger partial charge in [0, 0.05) is 6.07 Å². The van der Waals surface area contributed by atoms with Crippen LogP contribution in [0, 0.1) is 5.82 Å². The molecule has 2 heterocycles. The summed E-state index contributed by atoms with van der Waals surface area (Å²) in [6.07, 6.45) is 3.35. The molecule has 2 aromatic rings. The number of hydrogen-bond donors (Lipinski definition) is 1. The average Bonchev–Trinajstić information content (AvgIpc) is 2.95. The van der Waals surface area contributed by atoms with Crippen molar-refractivity contribution in [3.8, 4) is 5.75 Å². The Bertz CT molecular complexity index is 573. The summed E-state index contributed by atoms with van der Waals surface area (Å²) in [6.45, 7) is 1.14. The fourth-order valence-corrected chi connectivity index (χ4v) is 2.23. The van der Waals surface area contributed by atoms with Gasteiger partial charge >= 0.3 is 0 Å². The molecule has 1 aromatic carbocycles. The topological polar surface area (TPSA) is 60.2 Å². The summed E-state index contributed by atoms with van der Waals surface area (Å²) < 4.78 is 23.7. The van der Waals surface area contributed by atoms with Gasteiger partial charge in [-0.2, -0.15) is 4.98 Å². The van der Waals surface area contributed by atoms with Crippen molar-refractivity contribution < 1.29 is 13.7 Å². The molecule has 1 atom stereocenters. The molecule has 3 rings (SSSR count). The third-order valence-electron chi connectivity index (χ3n) is 3.26. The molecule has 0 saturated carbocycles. The van der Waals surface area contributed by atoms with Crippen LogP contribution in [0.2, 0.25) is 0 Å². The Morgan fingerprint density at radius 3 is 3.05 bits per heavy atom. The van der Waals surface area contributed by atoms with Crippen molar-refractivity contribution in [2.75, 3.05) is 6.54 Å². The average molecular weight is 314 g/mol. The zero-order valence-corrected chi connectivity index (χ0v) is 12.2. The van der Waals surface area contributed by atoms with E-state index >= 15 is 0 Å². The first-order valence-corrected chi connectivity index (χ1v) is 6.75. The number of ether oxygens (including phenoxy) is 1. The molecule has 21 heavy (non-hydrogen) atoms. The molecular weight excluding hydrogens is 297 g/mol. The van der Waals surface area contributed by atoms with Gasteiger partial charge in [0.25, 0.3) is 0 Å². The van der Waals surface area contributed by atoms with Crippen molar-refractivity contribution in [2.45, 2.75) is 31.9 Å². The monoisotopic (exact) mass is 313 g/mol. The van der Waals surface area contributed by atoms with E-state index in [0.717, 1.165) is 19.4 Å². The zero-order chi connectivity index (χ0) is 13.8. The van der Waals surface area contributed by atoms with Crippen LogP contribution in [0.25, 0.3) is 0 Å².